The third-order valence-corrected chi connectivity index (χ3v) is 4.17. The van der Waals surface area contributed by atoms with Crippen LogP contribution in [0.5, 0.6) is 0 Å². The van der Waals surface area contributed by atoms with Gasteiger partial charge in [0.2, 0.25) is 0 Å². The van der Waals surface area contributed by atoms with E-state index in [1.807, 2.05) is 0 Å². The largest absolute Gasteiger partial charge is 0.0801 e. The Morgan fingerprint density at radius 3 is 3.00 bits per heavy atom. The third kappa shape index (κ3) is 0.948. The predicted octanol–water partition coefficient (Wildman–Crippen LogP) is 4.22. The zero-order valence-electron chi connectivity index (χ0n) is 9.24. The summed E-state index contributed by atoms with van der Waals surface area (Å²) in [6, 6.07) is 8.97. The zero-order chi connectivity index (χ0) is 10.5. The molecule has 16 heavy (non-hydrogen) atoms. The summed E-state index contributed by atoms with van der Waals surface area (Å²) in [4.78, 5) is 0. The Bertz CT molecular complexity index is 555. The maximum atomic E-state index is 2.33. The van der Waals surface area contributed by atoms with Crippen molar-refractivity contribution in [2.45, 2.75) is 25.2 Å². The van der Waals surface area contributed by atoms with Gasteiger partial charge < -0.3 is 0 Å². The van der Waals surface area contributed by atoms with Gasteiger partial charge in [0.05, 0.1) is 0 Å². The topological polar surface area (TPSA) is 0 Å². The van der Waals surface area contributed by atoms with Crippen LogP contribution < -0.4 is 0 Å². The van der Waals surface area contributed by atoms with Gasteiger partial charge in [-0.1, -0.05) is 42.5 Å². The number of allylic oxidation sites excluding steroid dienone is 6. The first kappa shape index (κ1) is 8.58. The normalized spacial score (nSPS) is 25.2. The summed E-state index contributed by atoms with van der Waals surface area (Å²) < 4.78 is 0. The summed E-state index contributed by atoms with van der Waals surface area (Å²) in [6.45, 7) is 0. The van der Waals surface area contributed by atoms with Gasteiger partial charge in [-0.3, -0.25) is 0 Å². The molecule has 0 aliphatic heterocycles. The summed E-state index contributed by atoms with van der Waals surface area (Å²) in [5.41, 5.74) is 7.93. The highest BCUT2D eigenvalue weighted by Crippen LogP contribution is 2.53. The highest BCUT2D eigenvalue weighted by atomic mass is 14.4. The summed E-state index contributed by atoms with van der Waals surface area (Å²) >= 11 is 0. The van der Waals surface area contributed by atoms with E-state index < -0.39 is 0 Å². The molecule has 0 heterocycles. The van der Waals surface area contributed by atoms with Gasteiger partial charge in [0.15, 0.2) is 0 Å². The van der Waals surface area contributed by atoms with Crippen molar-refractivity contribution in [3.05, 3.63) is 64.8 Å². The first-order valence-corrected chi connectivity index (χ1v) is 6.13. The Hall–Kier alpha value is -1.56. The van der Waals surface area contributed by atoms with Gasteiger partial charge in [0.25, 0.3) is 0 Å². The fraction of sp³-hybridized carbons (Fsp3) is 0.250. The Kier molecular flexibility index (Phi) is 1.59. The van der Waals surface area contributed by atoms with Gasteiger partial charge in [-0.15, -0.1) is 0 Å². The quantitative estimate of drug-likeness (QED) is 0.596. The molecule has 1 aromatic rings. The molecule has 0 aromatic heterocycles. The van der Waals surface area contributed by atoms with Crippen molar-refractivity contribution in [1.29, 1.82) is 0 Å². The smallest absolute Gasteiger partial charge is 0.0101 e. The van der Waals surface area contributed by atoms with Crippen LogP contribution in [0.3, 0.4) is 0 Å². The highest BCUT2D eigenvalue weighted by molar-refractivity contribution is 5.82. The monoisotopic (exact) mass is 206 g/mol. The second kappa shape index (κ2) is 2.98. The number of hydrogen-bond acceptors (Lipinski definition) is 0. The summed E-state index contributed by atoms with van der Waals surface area (Å²) in [7, 11) is 0. The third-order valence-electron chi connectivity index (χ3n) is 4.17. The van der Waals surface area contributed by atoms with Crippen molar-refractivity contribution in [2.75, 3.05) is 0 Å². The molecule has 4 aliphatic carbocycles. The van der Waals surface area contributed by atoms with Crippen molar-refractivity contribution in [3.8, 4) is 0 Å². The lowest BCUT2D eigenvalue weighted by Crippen LogP contribution is -2.20. The summed E-state index contributed by atoms with van der Waals surface area (Å²) in [6.07, 6.45) is 10.6. The highest BCUT2D eigenvalue weighted by Gasteiger charge is 2.34. The average Bonchev–Trinajstić information content (AvgIpc) is 2.40. The van der Waals surface area contributed by atoms with Crippen LogP contribution in [0.25, 0.3) is 5.57 Å². The molecular formula is C16H14. The van der Waals surface area contributed by atoms with Crippen molar-refractivity contribution in [2.24, 2.45) is 0 Å². The second-order valence-electron chi connectivity index (χ2n) is 4.89. The number of rotatable bonds is 0. The minimum absolute atomic E-state index is 0.675. The Morgan fingerprint density at radius 1 is 1.06 bits per heavy atom. The van der Waals surface area contributed by atoms with Crippen molar-refractivity contribution in [3.63, 3.8) is 0 Å². The van der Waals surface area contributed by atoms with E-state index in [0.717, 1.165) is 6.42 Å². The van der Waals surface area contributed by atoms with E-state index in [-0.39, 0.29) is 0 Å². The van der Waals surface area contributed by atoms with Crippen LogP contribution in [0, 0.1) is 0 Å². The number of hydrogen-bond donors (Lipinski definition) is 0. The van der Waals surface area contributed by atoms with Crippen molar-refractivity contribution in [1.82, 2.24) is 0 Å². The van der Waals surface area contributed by atoms with Crippen LogP contribution in [-0.4, -0.2) is 0 Å². The molecule has 2 bridgehead atoms. The molecule has 0 heteroatoms. The zero-order valence-corrected chi connectivity index (χ0v) is 9.24. The first-order valence-electron chi connectivity index (χ1n) is 6.13. The fourth-order valence-electron chi connectivity index (χ4n) is 3.49. The second-order valence-corrected chi connectivity index (χ2v) is 4.89. The standard InChI is InChI=1S/C16H14/c1-2-6-12-11(5-1)15-9-10-16(12)14-8-4-3-7-13(14)15/h1-7,15H,8-10H2. The van der Waals surface area contributed by atoms with Crippen LogP contribution in [0.1, 0.15) is 36.3 Å². The summed E-state index contributed by atoms with van der Waals surface area (Å²) in [5.74, 6) is 0.675. The van der Waals surface area contributed by atoms with E-state index in [4.69, 9.17) is 0 Å². The van der Waals surface area contributed by atoms with Crippen LogP contribution in [-0.2, 0) is 0 Å². The predicted molar refractivity (Wildman–Crippen MR) is 67.2 cm³/mol. The van der Waals surface area contributed by atoms with E-state index in [9.17, 15) is 0 Å². The Morgan fingerprint density at radius 2 is 2.00 bits per heavy atom. The lowest BCUT2D eigenvalue weighted by atomic mass is 9.65. The molecule has 1 aromatic carbocycles. The molecule has 0 nitrogen and oxygen atoms in total. The van der Waals surface area contributed by atoms with Gasteiger partial charge >= 0.3 is 0 Å². The Labute approximate surface area is 96.0 Å². The molecule has 1 atom stereocenters. The molecule has 0 fully saturated rings. The van der Waals surface area contributed by atoms with Crippen LogP contribution in [0.15, 0.2) is 53.6 Å². The molecule has 4 aliphatic rings. The molecule has 0 radical (unpaired) electrons. The van der Waals surface area contributed by atoms with Crippen molar-refractivity contribution >= 4 is 5.57 Å². The van der Waals surface area contributed by atoms with Crippen LogP contribution in [0.2, 0.25) is 0 Å². The van der Waals surface area contributed by atoms with Gasteiger partial charge in [-0.2, -0.15) is 0 Å². The molecule has 1 unspecified atom stereocenters. The minimum Gasteiger partial charge on any atom is -0.0801 e. The number of fused-ring (bicyclic) bond motifs is 1. The maximum Gasteiger partial charge on any atom is 0.0101 e. The summed E-state index contributed by atoms with van der Waals surface area (Å²) in [5, 5.41) is 0. The van der Waals surface area contributed by atoms with E-state index in [2.05, 4.69) is 42.5 Å². The maximum absolute atomic E-state index is 2.33. The molecule has 0 spiro atoms. The lowest BCUT2D eigenvalue weighted by Gasteiger charge is -2.39. The molecule has 0 saturated carbocycles. The van der Waals surface area contributed by atoms with E-state index in [1.165, 1.54) is 18.4 Å². The molecular weight excluding hydrogens is 192 g/mol. The van der Waals surface area contributed by atoms with Crippen LogP contribution >= 0.6 is 0 Å². The fourth-order valence-corrected chi connectivity index (χ4v) is 3.49. The van der Waals surface area contributed by atoms with E-state index in [1.54, 1.807) is 22.3 Å². The van der Waals surface area contributed by atoms with Gasteiger partial charge in [-0.25, -0.2) is 0 Å². The van der Waals surface area contributed by atoms with Crippen molar-refractivity contribution < 1.29 is 0 Å². The van der Waals surface area contributed by atoms with Gasteiger partial charge in [-0.05, 0) is 47.1 Å². The van der Waals surface area contributed by atoms with Gasteiger partial charge in [0.1, 0.15) is 0 Å². The number of benzene rings is 1. The van der Waals surface area contributed by atoms with Crippen LogP contribution in [0.4, 0.5) is 0 Å². The molecule has 78 valence electrons. The van der Waals surface area contributed by atoms with E-state index >= 15 is 0 Å². The Balaban J connectivity index is 2.06. The molecule has 5 rings (SSSR count). The molecule has 0 saturated heterocycles. The minimum atomic E-state index is 0.675. The van der Waals surface area contributed by atoms with E-state index in [0.29, 0.717) is 5.92 Å². The first-order chi connectivity index (χ1) is 7.95. The average molecular weight is 206 g/mol. The SMILES string of the molecule is C1=CCC2=C3CCC(C2=C1)c1ccccc13. The lowest BCUT2D eigenvalue weighted by molar-refractivity contribution is 0.670. The molecule has 0 amide bonds. The molecule has 0 N–H and O–H groups in total. The van der Waals surface area contributed by atoms with Gasteiger partial charge in [0, 0.05) is 5.92 Å².